The van der Waals surface area contributed by atoms with Crippen LogP contribution in [0.4, 0.5) is 0 Å². The van der Waals surface area contributed by atoms with E-state index in [0.29, 0.717) is 5.41 Å². The summed E-state index contributed by atoms with van der Waals surface area (Å²) in [5.74, 6) is 0. The Hall–Kier alpha value is -0.820. The summed E-state index contributed by atoms with van der Waals surface area (Å²) in [6.45, 7) is 18.0. The molecule has 1 heteroatoms. The van der Waals surface area contributed by atoms with Gasteiger partial charge in [0.1, 0.15) is 0 Å². The van der Waals surface area contributed by atoms with Crippen LogP contribution in [0.2, 0.25) is 0 Å². The number of rotatable bonds is 1. The second-order valence-corrected chi connectivity index (χ2v) is 9.79. The van der Waals surface area contributed by atoms with E-state index in [9.17, 15) is 0 Å². The summed E-state index contributed by atoms with van der Waals surface area (Å²) in [4.78, 5) is 0. The molecule has 0 atom stereocenters. The fourth-order valence-corrected chi connectivity index (χ4v) is 4.62. The van der Waals surface area contributed by atoms with Crippen molar-refractivity contribution in [2.24, 2.45) is 5.41 Å². The van der Waals surface area contributed by atoms with Crippen molar-refractivity contribution in [3.05, 3.63) is 68.3 Å². The number of allylic oxidation sites excluding steroid dienone is 2. The molecule has 28 heavy (non-hydrogen) atoms. The Bertz CT molecular complexity index is 804. The molecule has 0 saturated carbocycles. The zero-order chi connectivity index (χ0) is 19.9. The molecule has 150 valence electrons. The molecule has 0 fully saturated rings. The molecule has 0 aliphatic heterocycles. The molecule has 2 aromatic rings. The molecule has 0 N–H and O–H groups in total. The number of benzene rings is 1. The fourth-order valence-electron chi connectivity index (χ4n) is 4.62. The van der Waals surface area contributed by atoms with Crippen molar-refractivity contribution in [2.45, 2.75) is 87.5 Å². The predicted molar refractivity (Wildman–Crippen MR) is 119 cm³/mol. The third kappa shape index (κ3) is 4.66. The molecular weight excluding hydrogens is 503 g/mol. The van der Waals surface area contributed by atoms with Gasteiger partial charge in [0.05, 0.1) is 0 Å². The van der Waals surface area contributed by atoms with E-state index in [1.165, 1.54) is 58.2 Å². The zero-order valence-corrected chi connectivity index (χ0v) is 22.8. The molecule has 0 spiro atoms. The van der Waals surface area contributed by atoms with Gasteiger partial charge in [0.2, 0.25) is 0 Å². The van der Waals surface area contributed by atoms with Crippen molar-refractivity contribution in [1.82, 2.24) is 0 Å². The Balaban J connectivity index is 0.000000221. The molecule has 0 saturated heterocycles. The van der Waals surface area contributed by atoms with Crippen LogP contribution in [0.15, 0.2) is 12.1 Å². The first-order valence-electron chi connectivity index (χ1n) is 10.5. The third-order valence-corrected chi connectivity index (χ3v) is 6.68. The maximum absolute atomic E-state index is 3.62. The maximum Gasteiger partial charge on any atom is 0 e. The van der Waals surface area contributed by atoms with Crippen LogP contribution in [0, 0.1) is 46.1 Å². The summed E-state index contributed by atoms with van der Waals surface area (Å²) in [5, 5.41) is 0. The average Bonchev–Trinajstić information content (AvgIpc) is 3.27. The van der Waals surface area contributed by atoms with Gasteiger partial charge in [0, 0.05) is 25.8 Å². The average molecular weight is 539 g/mol. The van der Waals surface area contributed by atoms with Gasteiger partial charge in [-0.15, -0.1) is 17.5 Å². The molecule has 0 bridgehead atoms. The summed E-state index contributed by atoms with van der Waals surface area (Å²) in [7, 11) is 0. The standard InChI is InChI=1S/C17H21.C10H15.Hf/c1-17(2,3)11-14-10-9-13-8-7-12-5-4-6-15(12)16(13)14;1-6-7(2)9(4)10(5)8(6)3;/h7-8H,4-6,9,11H2,1-3H3;1-5H3;/q2*-1;. The first-order chi connectivity index (χ1) is 12.6. The minimum absolute atomic E-state index is 0. The zero-order valence-electron chi connectivity index (χ0n) is 19.2. The smallest absolute Gasteiger partial charge is 0 e. The first kappa shape index (κ1) is 23.5. The third-order valence-electron chi connectivity index (χ3n) is 6.68. The van der Waals surface area contributed by atoms with E-state index >= 15 is 0 Å². The number of hydrogen-bond acceptors (Lipinski definition) is 0. The van der Waals surface area contributed by atoms with Gasteiger partial charge in [0.25, 0.3) is 0 Å². The molecule has 4 rings (SSSR count). The van der Waals surface area contributed by atoms with E-state index in [1.54, 1.807) is 16.7 Å². The normalized spacial score (nSPS) is 14.6. The fraction of sp³-hybridized carbons (Fsp3) is 0.519. The van der Waals surface area contributed by atoms with Crippen LogP contribution in [0.25, 0.3) is 5.57 Å². The van der Waals surface area contributed by atoms with E-state index in [1.807, 2.05) is 0 Å². The summed E-state index contributed by atoms with van der Waals surface area (Å²) < 4.78 is 0. The molecule has 0 radical (unpaired) electrons. The van der Waals surface area contributed by atoms with Crippen LogP contribution < -0.4 is 0 Å². The van der Waals surface area contributed by atoms with Crippen LogP contribution in [0.3, 0.4) is 0 Å². The van der Waals surface area contributed by atoms with Crippen molar-refractivity contribution < 1.29 is 25.8 Å². The van der Waals surface area contributed by atoms with Crippen molar-refractivity contribution >= 4 is 5.57 Å². The van der Waals surface area contributed by atoms with E-state index in [2.05, 4.69) is 73.6 Å². The number of hydrogen-bond donors (Lipinski definition) is 0. The van der Waals surface area contributed by atoms with E-state index in [0.717, 1.165) is 12.8 Å². The van der Waals surface area contributed by atoms with Gasteiger partial charge in [-0.1, -0.05) is 79.5 Å². The monoisotopic (exact) mass is 540 g/mol. The van der Waals surface area contributed by atoms with E-state index in [-0.39, 0.29) is 25.8 Å². The molecule has 2 aliphatic rings. The second-order valence-electron chi connectivity index (χ2n) is 9.79. The largest absolute Gasteiger partial charge is 0.268 e. The van der Waals surface area contributed by atoms with Crippen LogP contribution >= 0.6 is 0 Å². The van der Waals surface area contributed by atoms with Crippen molar-refractivity contribution in [3.8, 4) is 0 Å². The van der Waals surface area contributed by atoms with Gasteiger partial charge >= 0.3 is 0 Å². The summed E-state index contributed by atoms with van der Waals surface area (Å²) in [6.07, 6.45) is 9.73. The molecule has 0 amide bonds. The first-order valence-corrected chi connectivity index (χ1v) is 10.5. The molecule has 0 unspecified atom stereocenters. The topological polar surface area (TPSA) is 0 Å². The van der Waals surface area contributed by atoms with Gasteiger partial charge in [-0.2, -0.15) is 33.4 Å². The minimum Gasteiger partial charge on any atom is -0.268 e. The minimum atomic E-state index is 0. The van der Waals surface area contributed by atoms with Crippen LogP contribution in [0.5, 0.6) is 0 Å². The number of aryl methyl sites for hydroxylation is 1. The second kappa shape index (κ2) is 8.90. The van der Waals surface area contributed by atoms with Gasteiger partial charge < -0.3 is 0 Å². The Kier molecular flexibility index (Phi) is 7.46. The van der Waals surface area contributed by atoms with E-state index in [4.69, 9.17) is 0 Å². The Morgan fingerprint density at radius 2 is 1.50 bits per heavy atom. The van der Waals surface area contributed by atoms with Gasteiger partial charge in [0.15, 0.2) is 0 Å². The molecule has 0 nitrogen and oxygen atoms in total. The van der Waals surface area contributed by atoms with Gasteiger partial charge in [-0.3, -0.25) is 6.08 Å². The summed E-state index contributed by atoms with van der Waals surface area (Å²) in [5.41, 5.74) is 15.5. The summed E-state index contributed by atoms with van der Waals surface area (Å²) in [6, 6.07) is 4.69. The Labute approximate surface area is 192 Å². The Morgan fingerprint density at radius 3 is 2.00 bits per heavy atom. The molecular formula is C27H36Hf-2. The summed E-state index contributed by atoms with van der Waals surface area (Å²) >= 11 is 0. The van der Waals surface area contributed by atoms with Crippen molar-refractivity contribution in [2.75, 3.05) is 0 Å². The molecule has 2 aromatic carbocycles. The van der Waals surface area contributed by atoms with Crippen LogP contribution in [-0.2, 0) is 45.1 Å². The number of fused-ring (bicyclic) bond motifs is 3. The Morgan fingerprint density at radius 1 is 0.929 bits per heavy atom. The van der Waals surface area contributed by atoms with E-state index < -0.39 is 0 Å². The molecule has 0 aromatic heterocycles. The molecule has 0 heterocycles. The van der Waals surface area contributed by atoms with Crippen LogP contribution in [-0.4, -0.2) is 0 Å². The molecule has 2 aliphatic carbocycles. The SMILES string of the molecule is CC(C)(C)CC1=[C-]Cc2ccc3c(c21)CCC3.Cc1c(C)c(C)[c-](C)c1C.[Hf]. The van der Waals surface area contributed by atoms with Gasteiger partial charge in [-0.25, -0.2) is 5.57 Å². The quantitative estimate of drug-likeness (QED) is 0.264. The van der Waals surface area contributed by atoms with Crippen molar-refractivity contribution in [1.29, 1.82) is 0 Å². The maximum atomic E-state index is 3.62. The predicted octanol–water partition coefficient (Wildman–Crippen LogP) is 7.30. The van der Waals surface area contributed by atoms with Crippen molar-refractivity contribution in [3.63, 3.8) is 0 Å². The van der Waals surface area contributed by atoms with Gasteiger partial charge in [-0.05, 0) is 24.7 Å². The van der Waals surface area contributed by atoms with Crippen LogP contribution in [0.1, 0.15) is 83.7 Å².